The lowest BCUT2D eigenvalue weighted by Gasteiger charge is -2.36. The molecule has 0 N–H and O–H groups in total. The van der Waals surface area contributed by atoms with E-state index in [-0.39, 0.29) is 5.91 Å². The Morgan fingerprint density at radius 3 is 2.46 bits per heavy atom. The number of ether oxygens (including phenoxy) is 1. The fourth-order valence-electron chi connectivity index (χ4n) is 3.59. The number of amides is 1. The molecule has 1 aromatic heterocycles. The van der Waals surface area contributed by atoms with Crippen LogP contribution in [0.4, 0.5) is 5.82 Å². The molecule has 0 spiro atoms. The topological polar surface area (TPSA) is 58.6 Å². The van der Waals surface area contributed by atoms with Crippen molar-refractivity contribution in [2.45, 2.75) is 45.6 Å². The first-order chi connectivity index (χ1) is 13.5. The second-order valence-corrected chi connectivity index (χ2v) is 7.93. The molecule has 1 amide bonds. The minimum atomic E-state index is -0.496. The Morgan fingerprint density at radius 1 is 1.07 bits per heavy atom. The van der Waals surface area contributed by atoms with Crippen molar-refractivity contribution in [2.75, 3.05) is 31.1 Å². The van der Waals surface area contributed by atoms with Gasteiger partial charge in [0.25, 0.3) is 5.91 Å². The SMILES string of the molecule is Cc1ccc(C)c(OC(C)C(=O)N2CCN(c3ccc(C4CC4)nn3)CC2)c1. The molecule has 28 heavy (non-hydrogen) atoms. The number of hydrogen-bond donors (Lipinski definition) is 0. The number of nitrogens with zero attached hydrogens (tertiary/aromatic N) is 4. The number of benzene rings is 1. The highest BCUT2D eigenvalue weighted by atomic mass is 16.5. The Bertz CT molecular complexity index is 840. The fourth-order valence-corrected chi connectivity index (χ4v) is 3.59. The Morgan fingerprint density at radius 2 is 1.82 bits per heavy atom. The van der Waals surface area contributed by atoms with Gasteiger partial charge >= 0.3 is 0 Å². The summed E-state index contributed by atoms with van der Waals surface area (Å²) in [4.78, 5) is 16.9. The maximum absolute atomic E-state index is 12.8. The zero-order chi connectivity index (χ0) is 19.7. The van der Waals surface area contributed by atoms with E-state index < -0.39 is 6.10 Å². The zero-order valence-electron chi connectivity index (χ0n) is 16.9. The van der Waals surface area contributed by atoms with Gasteiger partial charge in [0.05, 0.1) is 5.69 Å². The van der Waals surface area contributed by atoms with Gasteiger partial charge < -0.3 is 14.5 Å². The number of hydrogen-bond acceptors (Lipinski definition) is 5. The molecule has 1 saturated heterocycles. The Labute approximate surface area is 166 Å². The Balaban J connectivity index is 1.32. The smallest absolute Gasteiger partial charge is 0.263 e. The van der Waals surface area contributed by atoms with Crippen LogP contribution in [0.25, 0.3) is 0 Å². The molecule has 4 rings (SSSR count). The van der Waals surface area contributed by atoms with Gasteiger partial charge in [-0.15, -0.1) is 5.10 Å². The van der Waals surface area contributed by atoms with Gasteiger partial charge in [-0.2, -0.15) is 5.10 Å². The Kier molecular flexibility index (Phi) is 5.20. The average molecular weight is 380 g/mol. The van der Waals surface area contributed by atoms with Crippen LogP contribution in [0, 0.1) is 13.8 Å². The minimum Gasteiger partial charge on any atom is -0.481 e. The molecule has 2 aromatic rings. The number of carbonyl (C=O) groups excluding carboxylic acids is 1. The van der Waals surface area contributed by atoms with Crippen molar-refractivity contribution in [1.29, 1.82) is 0 Å². The summed E-state index contributed by atoms with van der Waals surface area (Å²) in [6.45, 7) is 8.73. The highest BCUT2D eigenvalue weighted by Crippen LogP contribution is 2.38. The summed E-state index contributed by atoms with van der Waals surface area (Å²) in [5, 5.41) is 8.76. The lowest BCUT2D eigenvalue weighted by atomic mass is 10.1. The molecule has 2 heterocycles. The van der Waals surface area contributed by atoms with Gasteiger partial charge in [-0.1, -0.05) is 12.1 Å². The van der Waals surface area contributed by atoms with Crippen LogP contribution in [-0.2, 0) is 4.79 Å². The minimum absolute atomic E-state index is 0.0377. The van der Waals surface area contributed by atoms with E-state index in [2.05, 4.69) is 27.2 Å². The standard InChI is InChI=1S/C22H28N4O2/c1-15-4-5-16(2)20(14-15)28-17(3)22(27)26-12-10-25(11-13-26)21-9-8-19(23-24-21)18-6-7-18/h4-5,8-9,14,17-18H,6-7,10-13H2,1-3H3. The van der Waals surface area contributed by atoms with Crippen LogP contribution >= 0.6 is 0 Å². The van der Waals surface area contributed by atoms with E-state index in [0.29, 0.717) is 19.0 Å². The molecule has 1 saturated carbocycles. The molecular weight excluding hydrogens is 352 g/mol. The van der Waals surface area contributed by atoms with Gasteiger partial charge in [-0.3, -0.25) is 4.79 Å². The molecule has 0 radical (unpaired) electrons. The molecule has 1 aliphatic carbocycles. The van der Waals surface area contributed by atoms with Gasteiger partial charge in [0.2, 0.25) is 0 Å². The van der Waals surface area contributed by atoms with E-state index in [1.54, 1.807) is 0 Å². The molecule has 1 atom stereocenters. The second kappa shape index (κ2) is 7.78. The van der Waals surface area contributed by atoms with Gasteiger partial charge in [0.15, 0.2) is 11.9 Å². The molecule has 2 aliphatic rings. The fraction of sp³-hybridized carbons (Fsp3) is 0.500. The normalized spacial score (nSPS) is 18.1. The summed E-state index contributed by atoms with van der Waals surface area (Å²) < 4.78 is 5.97. The third-order valence-corrected chi connectivity index (χ3v) is 5.58. The summed E-state index contributed by atoms with van der Waals surface area (Å²) in [6, 6.07) is 10.2. The first-order valence-electron chi connectivity index (χ1n) is 10.1. The van der Waals surface area contributed by atoms with Crippen LogP contribution in [0.3, 0.4) is 0 Å². The van der Waals surface area contributed by atoms with Gasteiger partial charge in [-0.25, -0.2) is 0 Å². The number of anilines is 1. The third-order valence-electron chi connectivity index (χ3n) is 5.58. The maximum Gasteiger partial charge on any atom is 0.263 e. The first-order valence-corrected chi connectivity index (χ1v) is 10.1. The molecule has 0 bridgehead atoms. The van der Waals surface area contributed by atoms with Crippen LogP contribution in [0.5, 0.6) is 5.75 Å². The lowest BCUT2D eigenvalue weighted by molar-refractivity contribution is -0.138. The number of carbonyl (C=O) groups is 1. The van der Waals surface area contributed by atoms with E-state index in [1.165, 1.54) is 12.8 Å². The van der Waals surface area contributed by atoms with Crippen molar-refractivity contribution in [3.05, 3.63) is 47.2 Å². The van der Waals surface area contributed by atoms with E-state index in [4.69, 9.17) is 4.74 Å². The van der Waals surface area contributed by atoms with Crippen molar-refractivity contribution < 1.29 is 9.53 Å². The van der Waals surface area contributed by atoms with E-state index in [9.17, 15) is 4.79 Å². The third kappa shape index (κ3) is 4.11. The second-order valence-electron chi connectivity index (χ2n) is 7.93. The monoisotopic (exact) mass is 380 g/mol. The van der Waals surface area contributed by atoms with E-state index in [0.717, 1.165) is 41.5 Å². The van der Waals surface area contributed by atoms with Crippen molar-refractivity contribution in [1.82, 2.24) is 15.1 Å². The number of aryl methyl sites for hydroxylation is 2. The summed E-state index contributed by atoms with van der Waals surface area (Å²) in [7, 11) is 0. The molecule has 1 unspecified atom stereocenters. The molecule has 6 heteroatoms. The van der Waals surface area contributed by atoms with E-state index >= 15 is 0 Å². The van der Waals surface area contributed by atoms with E-state index in [1.807, 2.05) is 43.9 Å². The molecule has 2 fully saturated rings. The largest absolute Gasteiger partial charge is 0.481 e. The summed E-state index contributed by atoms with van der Waals surface area (Å²) in [6.07, 6.45) is 1.97. The highest BCUT2D eigenvalue weighted by Gasteiger charge is 2.28. The van der Waals surface area contributed by atoms with Crippen LogP contribution in [0.1, 0.15) is 42.5 Å². The zero-order valence-corrected chi connectivity index (χ0v) is 16.9. The quantitative estimate of drug-likeness (QED) is 0.798. The summed E-state index contributed by atoms with van der Waals surface area (Å²) in [5.41, 5.74) is 3.28. The molecule has 6 nitrogen and oxygen atoms in total. The maximum atomic E-state index is 12.8. The summed E-state index contributed by atoms with van der Waals surface area (Å²) in [5.74, 6) is 2.34. The van der Waals surface area contributed by atoms with Gasteiger partial charge in [0, 0.05) is 32.1 Å². The molecule has 1 aliphatic heterocycles. The predicted octanol–water partition coefficient (Wildman–Crippen LogP) is 3.09. The number of aromatic nitrogens is 2. The van der Waals surface area contributed by atoms with Crippen LogP contribution in [0.2, 0.25) is 0 Å². The Hall–Kier alpha value is -2.63. The predicted molar refractivity (Wildman–Crippen MR) is 109 cm³/mol. The molecule has 148 valence electrons. The summed E-state index contributed by atoms with van der Waals surface area (Å²) >= 11 is 0. The van der Waals surface area contributed by atoms with Gasteiger partial charge in [0.1, 0.15) is 5.75 Å². The van der Waals surface area contributed by atoms with Crippen molar-refractivity contribution in [3.63, 3.8) is 0 Å². The first kappa shape index (κ1) is 18.7. The van der Waals surface area contributed by atoms with Crippen LogP contribution in [-0.4, -0.2) is 53.3 Å². The lowest BCUT2D eigenvalue weighted by Crippen LogP contribution is -2.52. The molecular formula is C22H28N4O2. The van der Waals surface area contributed by atoms with Crippen LogP contribution in [0.15, 0.2) is 30.3 Å². The van der Waals surface area contributed by atoms with Crippen molar-refractivity contribution >= 4 is 11.7 Å². The van der Waals surface area contributed by atoms with Crippen LogP contribution < -0.4 is 9.64 Å². The number of piperazine rings is 1. The number of rotatable bonds is 5. The molecule has 1 aromatic carbocycles. The highest BCUT2D eigenvalue weighted by molar-refractivity contribution is 5.81. The van der Waals surface area contributed by atoms with Crippen molar-refractivity contribution in [3.8, 4) is 5.75 Å². The average Bonchev–Trinajstić information content (AvgIpc) is 3.56. The van der Waals surface area contributed by atoms with Crippen molar-refractivity contribution in [2.24, 2.45) is 0 Å². The van der Waals surface area contributed by atoms with Gasteiger partial charge in [-0.05, 0) is 62.9 Å².